The standard InChI is InChI=1S/C33H35ClN4O3/c1-20-24(32(39)29-18-22-17-23(35)8-10-28(22)36-29)9-7-21(11-12-34)31-26-6-4-3-5-25(26)30(19-27(20)31)41-33(40)38-15-13-37(2)14-16-38/h3-6,8,10-12,17-21,24,36H,7,9,13-16,35H2,1-2H3/b12-11+. The topological polar surface area (TPSA) is 91.7 Å². The molecule has 41 heavy (non-hydrogen) atoms. The molecule has 2 aliphatic rings. The molecule has 1 aromatic heterocycles. The molecular formula is C33H35ClN4O3. The monoisotopic (exact) mass is 570 g/mol. The van der Waals surface area contributed by atoms with Crippen LogP contribution in [0.25, 0.3) is 21.7 Å². The first-order valence-electron chi connectivity index (χ1n) is 14.2. The van der Waals surface area contributed by atoms with E-state index in [-0.39, 0.29) is 29.6 Å². The van der Waals surface area contributed by atoms with Crippen LogP contribution in [0.2, 0.25) is 0 Å². The van der Waals surface area contributed by atoms with Gasteiger partial charge in [-0.15, -0.1) is 0 Å². The second kappa shape index (κ2) is 11.2. The van der Waals surface area contributed by atoms with E-state index in [0.29, 0.717) is 36.6 Å². The van der Waals surface area contributed by atoms with Gasteiger partial charge in [0.2, 0.25) is 0 Å². The Morgan fingerprint density at radius 1 is 1.02 bits per heavy atom. The lowest BCUT2D eigenvalue weighted by Crippen LogP contribution is -2.48. The summed E-state index contributed by atoms with van der Waals surface area (Å²) in [5.74, 6) is 0.233. The van der Waals surface area contributed by atoms with Crippen molar-refractivity contribution < 1.29 is 14.3 Å². The van der Waals surface area contributed by atoms with Crippen molar-refractivity contribution in [2.24, 2.45) is 5.92 Å². The second-order valence-electron chi connectivity index (χ2n) is 11.4. The Morgan fingerprint density at radius 2 is 1.78 bits per heavy atom. The Labute approximate surface area is 244 Å². The number of carbonyl (C=O) groups excluding carboxylic acids is 2. The molecule has 1 saturated heterocycles. The maximum Gasteiger partial charge on any atom is 0.415 e. The number of halogens is 1. The number of piperazine rings is 1. The quantitative estimate of drug-likeness (QED) is 0.158. The smallest absolute Gasteiger partial charge is 0.410 e. The van der Waals surface area contributed by atoms with E-state index in [1.54, 1.807) is 10.4 Å². The molecule has 0 saturated carbocycles. The lowest BCUT2D eigenvalue weighted by Gasteiger charge is -2.32. The minimum absolute atomic E-state index is 0.0255. The second-order valence-corrected chi connectivity index (χ2v) is 11.6. The van der Waals surface area contributed by atoms with E-state index in [4.69, 9.17) is 22.1 Å². The van der Waals surface area contributed by atoms with E-state index in [1.807, 2.05) is 54.6 Å². The molecule has 3 aromatic carbocycles. The maximum absolute atomic E-state index is 14.0. The zero-order valence-electron chi connectivity index (χ0n) is 23.4. The number of nitrogens with two attached hydrogens (primary N) is 1. The number of anilines is 1. The zero-order chi connectivity index (χ0) is 28.7. The number of H-pyrrole nitrogens is 1. The largest absolute Gasteiger partial charge is 0.415 e. The molecule has 3 N–H and O–H groups in total. The van der Waals surface area contributed by atoms with Crippen molar-refractivity contribution in [3.63, 3.8) is 0 Å². The molecule has 8 heteroatoms. The fraction of sp³-hybridized carbons (Fsp3) is 0.333. The third kappa shape index (κ3) is 5.20. The zero-order valence-corrected chi connectivity index (χ0v) is 24.2. The predicted octanol–water partition coefficient (Wildman–Crippen LogP) is 6.88. The van der Waals surface area contributed by atoms with Crippen LogP contribution >= 0.6 is 11.6 Å². The Balaban J connectivity index is 1.42. The molecule has 3 atom stereocenters. The number of amides is 1. The number of nitrogens with zero attached hydrogens (tertiary/aromatic N) is 2. The van der Waals surface area contributed by atoms with Gasteiger partial charge in [0.1, 0.15) is 5.75 Å². The third-order valence-corrected chi connectivity index (χ3v) is 8.99. The molecule has 1 aliphatic heterocycles. The molecule has 0 radical (unpaired) electrons. The molecule has 1 amide bonds. The molecule has 1 aliphatic carbocycles. The summed E-state index contributed by atoms with van der Waals surface area (Å²) >= 11 is 6.15. The summed E-state index contributed by atoms with van der Waals surface area (Å²) in [6.45, 7) is 4.99. The van der Waals surface area contributed by atoms with Crippen molar-refractivity contribution in [3.8, 4) is 5.75 Å². The van der Waals surface area contributed by atoms with Gasteiger partial charge in [-0.2, -0.15) is 0 Å². The van der Waals surface area contributed by atoms with Gasteiger partial charge in [0.05, 0.1) is 5.69 Å². The maximum atomic E-state index is 14.0. The number of likely N-dealkylation sites (N-methyl/N-ethyl adjacent to an activating group) is 1. The van der Waals surface area contributed by atoms with Crippen LogP contribution in [0, 0.1) is 5.92 Å². The number of ether oxygens (including phenoxy) is 1. The van der Waals surface area contributed by atoms with E-state index in [9.17, 15) is 9.59 Å². The average molecular weight is 571 g/mol. The summed E-state index contributed by atoms with van der Waals surface area (Å²) in [5, 5.41) is 2.82. The number of nitrogens with one attached hydrogen (secondary N) is 1. The number of Topliss-reactive ketones (excluding diaryl/α,β-unsaturated/α-hetero) is 1. The van der Waals surface area contributed by atoms with Gasteiger partial charge in [0.15, 0.2) is 5.78 Å². The van der Waals surface area contributed by atoms with Crippen molar-refractivity contribution >= 4 is 50.8 Å². The molecule has 0 spiro atoms. The van der Waals surface area contributed by atoms with Crippen LogP contribution in [0.1, 0.15) is 53.2 Å². The number of ketones is 1. The first-order valence-corrected chi connectivity index (χ1v) is 14.7. The van der Waals surface area contributed by atoms with Gasteiger partial charge in [-0.05, 0) is 72.7 Å². The first kappa shape index (κ1) is 27.4. The highest BCUT2D eigenvalue weighted by molar-refractivity contribution is 6.25. The van der Waals surface area contributed by atoms with Crippen LogP contribution in [-0.4, -0.2) is 59.9 Å². The van der Waals surface area contributed by atoms with E-state index < -0.39 is 0 Å². The molecule has 7 nitrogen and oxygen atoms in total. The van der Waals surface area contributed by atoms with Crippen LogP contribution in [-0.2, 0) is 0 Å². The van der Waals surface area contributed by atoms with Crippen LogP contribution in [0.5, 0.6) is 5.75 Å². The van der Waals surface area contributed by atoms with Crippen molar-refractivity contribution in [2.45, 2.75) is 31.6 Å². The van der Waals surface area contributed by atoms with Gasteiger partial charge >= 0.3 is 6.09 Å². The predicted molar refractivity (Wildman–Crippen MR) is 165 cm³/mol. The van der Waals surface area contributed by atoms with Crippen LogP contribution < -0.4 is 10.5 Å². The highest BCUT2D eigenvalue weighted by atomic mass is 35.5. The lowest BCUT2D eigenvalue weighted by atomic mass is 9.80. The molecule has 3 unspecified atom stereocenters. The summed E-state index contributed by atoms with van der Waals surface area (Å²) in [7, 11) is 2.05. The first-order chi connectivity index (χ1) is 19.8. The average Bonchev–Trinajstić information content (AvgIpc) is 3.34. The molecule has 1 fully saturated rings. The Hall–Kier alpha value is -3.81. The number of aromatic nitrogens is 1. The summed E-state index contributed by atoms with van der Waals surface area (Å²) in [4.78, 5) is 34.6. The van der Waals surface area contributed by atoms with E-state index in [0.717, 1.165) is 52.3 Å². The highest BCUT2D eigenvalue weighted by Crippen LogP contribution is 2.47. The van der Waals surface area contributed by atoms with Crippen LogP contribution in [0.4, 0.5) is 10.5 Å². The fourth-order valence-corrected chi connectivity index (χ4v) is 6.68. The Kier molecular flexibility index (Phi) is 7.49. The molecule has 4 aromatic rings. The summed E-state index contributed by atoms with van der Waals surface area (Å²) in [6, 6.07) is 17.5. The number of rotatable bonds is 4. The molecule has 0 bridgehead atoms. The minimum Gasteiger partial charge on any atom is -0.410 e. The van der Waals surface area contributed by atoms with Crippen molar-refractivity contribution in [2.75, 3.05) is 39.0 Å². The van der Waals surface area contributed by atoms with Crippen LogP contribution in [0.3, 0.4) is 0 Å². The van der Waals surface area contributed by atoms with Gasteiger partial charge in [0.25, 0.3) is 0 Å². The number of hydrogen-bond acceptors (Lipinski definition) is 5. The summed E-state index contributed by atoms with van der Waals surface area (Å²) < 4.78 is 6.11. The Bertz CT molecular complexity index is 1650. The molecule has 2 heterocycles. The minimum atomic E-state index is -0.341. The molecular weight excluding hydrogens is 536 g/mol. The van der Waals surface area contributed by atoms with Gasteiger partial charge in [0, 0.05) is 65.5 Å². The van der Waals surface area contributed by atoms with Crippen molar-refractivity contribution in [1.82, 2.24) is 14.8 Å². The number of allylic oxidation sites excluding steroid dienone is 1. The number of fused-ring (bicyclic) bond motifs is 4. The van der Waals surface area contributed by atoms with Gasteiger partial charge < -0.3 is 25.3 Å². The third-order valence-electron chi connectivity index (χ3n) is 8.84. The highest BCUT2D eigenvalue weighted by Gasteiger charge is 2.36. The van der Waals surface area contributed by atoms with Gasteiger partial charge in [-0.3, -0.25) is 4.79 Å². The molecule has 6 rings (SSSR count). The SMILES string of the molecule is CC1c2cc(OC(=O)N3CCN(C)CC3)c3ccccc3c2C(/C=C/Cl)CCC1C(=O)c1cc2cc(N)ccc2[nH]1. The van der Waals surface area contributed by atoms with E-state index in [1.165, 1.54) is 0 Å². The number of benzene rings is 3. The van der Waals surface area contributed by atoms with Gasteiger partial charge in [-0.1, -0.05) is 48.9 Å². The normalized spacial score (nSPS) is 21.7. The number of hydrogen-bond donors (Lipinski definition) is 2. The summed E-state index contributed by atoms with van der Waals surface area (Å²) in [5.41, 5.74) is 11.8. The van der Waals surface area contributed by atoms with Crippen molar-refractivity contribution in [3.05, 3.63) is 83.0 Å². The van der Waals surface area contributed by atoms with Crippen molar-refractivity contribution in [1.29, 1.82) is 0 Å². The fourth-order valence-electron chi connectivity index (χ4n) is 6.50. The van der Waals surface area contributed by atoms with Crippen LogP contribution in [0.15, 0.2) is 66.2 Å². The van der Waals surface area contributed by atoms with E-state index >= 15 is 0 Å². The number of carbonyl (C=O) groups is 2. The summed E-state index contributed by atoms with van der Waals surface area (Å²) in [6.07, 6.45) is 3.14. The molecule has 212 valence electrons. The van der Waals surface area contributed by atoms with E-state index in [2.05, 4.69) is 29.9 Å². The Morgan fingerprint density at radius 3 is 2.54 bits per heavy atom. The lowest BCUT2D eigenvalue weighted by molar-refractivity contribution is 0.0891. The van der Waals surface area contributed by atoms with Gasteiger partial charge in [-0.25, -0.2) is 4.79 Å². The number of aromatic amines is 1. The number of nitrogen functional groups attached to an aromatic ring is 1.